The van der Waals surface area contributed by atoms with E-state index in [1.54, 1.807) is 30.3 Å². The van der Waals surface area contributed by atoms with Crippen LogP contribution >= 0.6 is 11.5 Å². The first kappa shape index (κ1) is 29.9. The van der Waals surface area contributed by atoms with Gasteiger partial charge in [0.25, 0.3) is 11.8 Å². The molecule has 0 saturated heterocycles. The van der Waals surface area contributed by atoms with Gasteiger partial charge in [0.15, 0.2) is 17.2 Å². The van der Waals surface area contributed by atoms with Gasteiger partial charge in [0.1, 0.15) is 10.9 Å². The van der Waals surface area contributed by atoms with E-state index < -0.39 is 17.9 Å². The van der Waals surface area contributed by atoms with Crippen molar-refractivity contribution in [3.8, 4) is 11.5 Å². The Hall–Kier alpha value is -4.12. The number of benzene rings is 2. The molecule has 1 unspecified atom stereocenters. The summed E-state index contributed by atoms with van der Waals surface area (Å²) in [6.07, 6.45) is 4.92. The van der Waals surface area contributed by atoms with E-state index in [2.05, 4.69) is 23.5 Å². The number of rotatable bonds is 10. The zero-order valence-electron chi connectivity index (χ0n) is 23.8. The number of carbonyl (C=O) groups is 3. The van der Waals surface area contributed by atoms with Gasteiger partial charge in [0, 0.05) is 11.7 Å². The molecule has 1 saturated carbocycles. The molecule has 1 aliphatic rings. The van der Waals surface area contributed by atoms with Crippen molar-refractivity contribution >= 4 is 40.6 Å². The van der Waals surface area contributed by atoms with Crippen molar-refractivity contribution in [1.82, 2.24) is 9.69 Å². The van der Waals surface area contributed by atoms with Crippen molar-refractivity contribution in [3.63, 3.8) is 0 Å². The summed E-state index contributed by atoms with van der Waals surface area (Å²) in [5, 5.41) is 3.19. The Morgan fingerprint density at radius 3 is 2.17 bits per heavy atom. The first-order valence-corrected chi connectivity index (χ1v) is 14.4. The highest BCUT2D eigenvalue weighted by Crippen LogP contribution is 2.37. The molecule has 0 radical (unpaired) electrons. The molecule has 3 amide bonds. The van der Waals surface area contributed by atoms with Gasteiger partial charge in [-0.05, 0) is 65.7 Å². The van der Waals surface area contributed by atoms with Gasteiger partial charge in [-0.2, -0.15) is 4.37 Å². The summed E-state index contributed by atoms with van der Waals surface area (Å²) >= 11 is 0.774. The minimum atomic E-state index is -1.10. The summed E-state index contributed by atoms with van der Waals surface area (Å²) in [5.74, 6) is -0.597. The summed E-state index contributed by atoms with van der Waals surface area (Å²) in [5.41, 5.74) is 13.4. The summed E-state index contributed by atoms with van der Waals surface area (Å²) in [7, 11) is 3.04. The third kappa shape index (κ3) is 6.45. The van der Waals surface area contributed by atoms with Crippen LogP contribution in [0.2, 0.25) is 0 Å². The number of anilines is 2. The van der Waals surface area contributed by atoms with Crippen LogP contribution in [-0.4, -0.2) is 42.4 Å². The molecule has 5 N–H and O–H groups in total. The van der Waals surface area contributed by atoms with Crippen molar-refractivity contribution in [2.75, 3.05) is 24.9 Å². The van der Waals surface area contributed by atoms with Crippen LogP contribution in [-0.2, 0) is 4.79 Å². The zero-order valence-corrected chi connectivity index (χ0v) is 24.6. The summed E-state index contributed by atoms with van der Waals surface area (Å²) < 4.78 is 15.0. The zero-order chi connectivity index (χ0) is 29.7. The second kappa shape index (κ2) is 13.0. The van der Waals surface area contributed by atoms with E-state index in [1.807, 2.05) is 12.1 Å². The van der Waals surface area contributed by atoms with Crippen LogP contribution in [0.25, 0.3) is 0 Å². The fourth-order valence-electron chi connectivity index (χ4n) is 5.11. The lowest BCUT2D eigenvalue weighted by Crippen LogP contribution is -2.47. The van der Waals surface area contributed by atoms with Crippen LogP contribution in [0.3, 0.4) is 0 Å². The molecule has 1 aromatic heterocycles. The van der Waals surface area contributed by atoms with Crippen molar-refractivity contribution < 1.29 is 23.9 Å². The van der Waals surface area contributed by atoms with Gasteiger partial charge in [-0.15, -0.1) is 0 Å². The van der Waals surface area contributed by atoms with E-state index >= 15 is 0 Å². The van der Waals surface area contributed by atoms with Gasteiger partial charge in [-0.25, -0.2) is 0 Å². The Morgan fingerprint density at radius 1 is 0.976 bits per heavy atom. The number of aromatic nitrogens is 1. The van der Waals surface area contributed by atoms with Crippen molar-refractivity contribution in [2.24, 2.45) is 5.73 Å². The number of hydrogen-bond donors (Lipinski definition) is 3. The van der Waals surface area contributed by atoms with E-state index in [4.69, 9.17) is 20.9 Å². The number of methoxy groups -OCH3 is 2. The first-order chi connectivity index (χ1) is 19.7. The maximum atomic E-state index is 14.3. The highest BCUT2D eigenvalue weighted by Gasteiger charge is 2.37. The number of ether oxygens (including phenoxy) is 2. The largest absolute Gasteiger partial charge is 0.493 e. The van der Waals surface area contributed by atoms with Crippen LogP contribution in [0.15, 0.2) is 42.5 Å². The molecular weight excluding hydrogens is 542 g/mol. The molecular formula is C30H37N5O5S. The second-order valence-corrected chi connectivity index (χ2v) is 11.2. The molecule has 1 atom stereocenters. The maximum Gasteiger partial charge on any atom is 0.273 e. The fraction of sp³-hybridized carbons (Fsp3) is 0.400. The van der Waals surface area contributed by atoms with Gasteiger partial charge in [-0.1, -0.05) is 51.3 Å². The van der Waals surface area contributed by atoms with Crippen LogP contribution in [0, 0.1) is 0 Å². The molecule has 2 aromatic carbocycles. The molecule has 0 bridgehead atoms. The molecule has 1 heterocycles. The molecule has 3 aromatic rings. The molecule has 11 heteroatoms. The SMILES string of the molecule is COc1ccc(C(C(=O)NC2CCCCC2)N(C(=O)c2snc(C(N)=O)c2N)c2ccc(C(C)C)cc2)cc1OC. The summed E-state index contributed by atoms with van der Waals surface area (Å²) in [6.45, 7) is 4.15. The predicted octanol–water partition coefficient (Wildman–Crippen LogP) is 4.80. The van der Waals surface area contributed by atoms with E-state index in [0.717, 1.165) is 49.2 Å². The lowest BCUT2D eigenvalue weighted by atomic mass is 9.94. The van der Waals surface area contributed by atoms with Gasteiger partial charge in [0.05, 0.1) is 19.9 Å². The quantitative estimate of drug-likeness (QED) is 0.312. The summed E-state index contributed by atoms with van der Waals surface area (Å²) in [4.78, 5) is 41.8. The minimum absolute atomic E-state index is 0.00546. The highest BCUT2D eigenvalue weighted by molar-refractivity contribution is 7.09. The molecule has 0 aliphatic heterocycles. The van der Waals surface area contributed by atoms with Gasteiger partial charge in [0.2, 0.25) is 5.91 Å². The molecule has 218 valence electrons. The number of hydrogen-bond acceptors (Lipinski definition) is 8. The van der Waals surface area contributed by atoms with Crippen molar-refractivity contribution in [2.45, 2.75) is 64.0 Å². The highest BCUT2D eigenvalue weighted by atomic mass is 32.1. The minimum Gasteiger partial charge on any atom is -0.493 e. The number of nitrogens with two attached hydrogens (primary N) is 2. The number of carbonyl (C=O) groups excluding carboxylic acids is 3. The first-order valence-electron chi connectivity index (χ1n) is 13.7. The molecule has 1 fully saturated rings. The van der Waals surface area contributed by atoms with Crippen LogP contribution in [0.4, 0.5) is 11.4 Å². The second-order valence-electron chi connectivity index (χ2n) is 10.4. The normalized spacial score (nSPS) is 14.4. The average molecular weight is 580 g/mol. The molecule has 10 nitrogen and oxygen atoms in total. The number of nitrogen functional groups attached to an aromatic ring is 1. The lowest BCUT2D eigenvalue weighted by molar-refractivity contribution is -0.123. The standard InChI is InChI=1S/C30H37N5O5S/c1-17(2)18-10-13-21(14-11-18)35(30(38)27-24(31)25(28(32)36)34-41-27)26(29(37)33-20-8-6-5-7-9-20)19-12-15-22(39-3)23(16-19)40-4/h10-17,20,26H,5-9,31H2,1-4H3,(H2,32,36)(H,33,37). The lowest BCUT2D eigenvalue weighted by Gasteiger charge is -2.33. The van der Waals surface area contributed by atoms with Crippen molar-refractivity contribution in [1.29, 1.82) is 0 Å². The molecule has 41 heavy (non-hydrogen) atoms. The Balaban J connectivity index is 1.89. The maximum absolute atomic E-state index is 14.3. The Morgan fingerprint density at radius 2 is 1.61 bits per heavy atom. The van der Waals surface area contributed by atoms with E-state index in [1.165, 1.54) is 19.1 Å². The monoisotopic (exact) mass is 579 g/mol. The molecule has 1 aliphatic carbocycles. The average Bonchev–Trinajstić information content (AvgIpc) is 3.37. The summed E-state index contributed by atoms with van der Waals surface area (Å²) in [6, 6.07) is 11.5. The smallest absolute Gasteiger partial charge is 0.273 e. The topological polar surface area (TPSA) is 150 Å². The molecule has 0 spiro atoms. The third-order valence-corrected chi connectivity index (χ3v) is 8.24. The predicted molar refractivity (Wildman–Crippen MR) is 160 cm³/mol. The van der Waals surface area contributed by atoms with E-state index in [0.29, 0.717) is 22.7 Å². The van der Waals surface area contributed by atoms with Gasteiger partial charge in [-0.3, -0.25) is 19.3 Å². The van der Waals surface area contributed by atoms with E-state index in [9.17, 15) is 14.4 Å². The Labute approximate surface area is 244 Å². The van der Waals surface area contributed by atoms with Crippen molar-refractivity contribution in [3.05, 3.63) is 64.2 Å². The van der Waals surface area contributed by atoms with Gasteiger partial charge < -0.3 is 26.3 Å². The fourth-order valence-corrected chi connectivity index (χ4v) is 5.85. The Bertz CT molecular complexity index is 1400. The van der Waals surface area contributed by atoms with E-state index in [-0.39, 0.29) is 34.1 Å². The number of nitrogens with zero attached hydrogens (tertiary/aromatic N) is 2. The third-order valence-electron chi connectivity index (χ3n) is 7.39. The molecule has 4 rings (SSSR count). The van der Waals surface area contributed by atoms with Crippen LogP contribution in [0.5, 0.6) is 11.5 Å². The Kier molecular flexibility index (Phi) is 9.49. The number of amides is 3. The number of primary amides is 1. The van der Waals surface area contributed by atoms with Gasteiger partial charge >= 0.3 is 0 Å². The van der Waals surface area contributed by atoms with Crippen LogP contribution < -0.4 is 31.2 Å². The number of nitrogens with one attached hydrogen (secondary N) is 1. The van der Waals surface area contributed by atoms with Crippen LogP contribution in [0.1, 0.15) is 89.2 Å².